The number of phenols is 1. The van der Waals surface area contributed by atoms with Gasteiger partial charge in [0, 0.05) is 5.69 Å². The number of rotatable bonds is 7. The minimum atomic E-state index is -0.464. The average Bonchev–Trinajstić information content (AvgIpc) is 3.24. The molecule has 0 bridgehead atoms. The molecule has 4 rings (SSSR count). The molecule has 1 amide bonds. The molecule has 0 saturated carbocycles. The Hall–Kier alpha value is -3.78. The van der Waals surface area contributed by atoms with Crippen molar-refractivity contribution in [1.29, 1.82) is 0 Å². The summed E-state index contributed by atoms with van der Waals surface area (Å²) in [6.07, 6.45) is 0. The van der Waals surface area contributed by atoms with Crippen molar-refractivity contribution in [1.82, 2.24) is 14.8 Å². The molecule has 0 radical (unpaired) electrons. The highest BCUT2D eigenvalue weighted by Crippen LogP contribution is 2.36. The predicted octanol–water partition coefficient (Wildman–Crippen LogP) is 5.38. The number of amides is 1. The number of para-hydroxylation sites is 4. The number of phenolic OH excluding ortho intramolecular Hbond substituents is 1. The number of thioether (sulfide) groups is 1. The zero-order valence-electron chi connectivity index (χ0n) is 19.4. The summed E-state index contributed by atoms with van der Waals surface area (Å²) in [7, 11) is 1.59. The fourth-order valence-electron chi connectivity index (χ4n) is 3.66. The summed E-state index contributed by atoms with van der Waals surface area (Å²) in [5.41, 5.74) is 4.06. The number of aryl methyl sites for hydroxylation is 2. The van der Waals surface area contributed by atoms with Gasteiger partial charge >= 0.3 is 0 Å². The van der Waals surface area contributed by atoms with Gasteiger partial charge in [0.25, 0.3) is 0 Å². The minimum absolute atomic E-state index is 0.0865. The third-order valence-corrected chi connectivity index (χ3v) is 6.53. The van der Waals surface area contributed by atoms with Gasteiger partial charge in [0.15, 0.2) is 11.0 Å². The molecule has 0 fully saturated rings. The van der Waals surface area contributed by atoms with E-state index in [1.807, 2.05) is 69.3 Å². The molecule has 0 spiro atoms. The lowest BCUT2D eigenvalue weighted by atomic mass is 10.1. The Morgan fingerprint density at radius 1 is 1.00 bits per heavy atom. The monoisotopic (exact) mass is 474 g/mol. The van der Waals surface area contributed by atoms with Gasteiger partial charge in [-0.05, 0) is 56.2 Å². The Kier molecular flexibility index (Phi) is 6.88. The number of ether oxygens (including phenoxy) is 1. The standard InChI is InChI=1S/C26H26N4O3S/c1-16-10-9-11-17(2)23(16)27-25(32)18(3)34-26-29-28-24(19-12-5-7-14-21(19)31)30(26)20-13-6-8-15-22(20)33-4/h5-15,18,31H,1-4H3,(H,27,32)/t18-/m1/s1. The summed E-state index contributed by atoms with van der Waals surface area (Å²) < 4.78 is 7.38. The van der Waals surface area contributed by atoms with Crippen LogP contribution in [0, 0.1) is 13.8 Å². The number of carbonyl (C=O) groups is 1. The van der Waals surface area contributed by atoms with Crippen LogP contribution in [0.25, 0.3) is 17.1 Å². The SMILES string of the molecule is COc1ccccc1-n1c(S[C@H](C)C(=O)Nc2c(C)cccc2C)nnc1-c1ccccc1O. The van der Waals surface area contributed by atoms with Crippen LogP contribution in [-0.4, -0.2) is 38.1 Å². The summed E-state index contributed by atoms with van der Waals surface area (Å²) >= 11 is 1.28. The summed E-state index contributed by atoms with van der Waals surface area (Å²) in [4.78, 5) is 13.1. The summed E-state index contributed by atoms with van der Waals surface area (Å²) in [6.45, 7) is 5.77. The number of methoxy groups -OCH3 is 1. The maximum atomic E-state index is 13.1. The Morgan fingerprint density at radius 3 is 2.38 bits per heavy atom. The lowest BCUT2D eigenvalue weighted by Crippen LogP contribution is -2.23. The Morgan fingerprint density at radius 2 is 1.68 bits per heavy atom. The van der Waals surface area contributed by atoms with E-state index in [9.17, 15) is 9.90 Å². The second-order valence-corrected chi connectivity index (χ2v) is 9.15. The molecule has 1 aromatic heterocycles. The zero-order chi connectivity index (χ0) is 24.2. The van der Waals surface area contributed by atoms with Crippen LogP contribution in [-0.2, 0) is 4.79 Å². The zero-order valence-corrected chi connectivity index (χ0v) is 20.3. The van der Waals surface area contributed by atoms with Crippen LogP contribution in [0.3, 0.4) is 0 Å². The van der Waals surface area contributed by atoms with Crippen molar-refractivity contribution in [2.45, 2.75) is 31.2 Å². The fourth-order valence-corrected chi connectivity index (χ4v) is 4.52. The average molecular weight is 475 g/mol. The summed E-state index contributed by atoms with van der Waals surface area (Å²) in [5, 5.41) is 22.3. The molecule has 2 N–H and O–H groups in total. The van der Waals surface area contributed by atoms with Gasteiger partial charge in [-0.2, -0.15) is 0 Å². The largest absolute Gasteiger partial charge is 0.507 e. The van der Waals surface area contributed by atoms with Crippen molar-refractivity contribution in [2.75, 3.05) is 12.4 Å². The highest BCUT2D eigenvalue weighted by molar-refractivity contribution is 8.00. The first-order valence-corrected chi connectivity index (χ1v) is 11.7. The summed E-state index contributed by atoms with van der Waals surface area (Å²) in [6, 6.07) is 20.3. The molecule has 0 aliphatic rings. The third kappa shape index (κ3) is 4.63. The van der Waals surface area contributed by atoms with Gasteiger partial charge in [0.2, 0.25) is 5.91 Å². The van der Waals surface area contributed by atoms with Crippen LogP contribution < -0.4 is 10.1 Å². The Balaban J connectivity index is 1.72. The van der Waals surface area contributed by atoms with Gasteiger partial charge in [-0.1, -0.05) is 54.2 Å². The maximum absolute atomic E-state index is 13.1. The Labute approximate surface area is 202 Å². The first-order valence-electron chi connectivity index (χ1n) is 10.8. The quantitative estimate of drug-likeness (QED) is 0.349. The molecule has 1 atom stereocenters. The normalized spacial score (nSPS) is 11.8. The molecule has 4 aromatic rings. The van der Waals surface area contributed by atoms with Crippen LogP contribution >= 0.6 is 11.8 Å². The van der Waals surface area contributed by atoms with Crippen LogP contribution in [0.15, 0.2) is 71.9 Å². The lowest BCUT2D eigenvalue weighted by molar-refractivity contribution is -0.115. The highest BCUT2D eigenvalue weighted by Gasteiger charge is 2.25. The van der Waals surface area contributed by atoms with Gasteiger partial charge in [-0.15, -0.1) is 10.2 Å². The van der Waals surface area contributed by atoms with Crippen molar-refractivity contribution in [3.8, 4) is 28.6 Å². The van der Waals surface area contributed by atoms with Crippen molar-refractivity contribution in [2.24, 2.45) is 0 Å². The number of aromatic hydroxyl groups is 1. The van der Waals surface area contributed by atoms with E-state index in [-0.39, 0.29) is 11.7 Å². The van der Waals surface area contributed by atoms with Crippen molar-refractivity contribution in [3.05, 3.63) is 77.9 Å². The third-order valence-electron chi connectivity index (χ3n) is 5.49. The molecule has 0 aliphatic carbocycles. The van der Waals surface area contributed by atoms with E-state index in [0.717, 1.165) is 16.8 Å². The molecule has 0 saturated heterocycles. The topological polar surface area (TPSA) is 89.3 Å². The van der Waals surface area contributed by atoms with E-state index in [1.54, 1.807) is 29.9 Å². The van der Waals surface area contributed by atoms with E-state index < -0.39 is 5.25 Å². The number of hydrogen-bond donors (Lipinski definition) is 2. The number of aromatic nitrogens is 3. The number of benzene rings is 3. The van der Waals surface area contributed by atoms with Crippen molar-refractivity contribution >= 4 is 23.4 Å². The van der Waals surface area contributed by atoms with Crippen molar-refractivity contribution < 1.29 is 14.6 Å². The second kappa shape index (κ2) is 10.0. The Bertz CT molecular complexity index is 1320. The number of carbonyl (C=O) groups excluding carboxylic acids is 1. The first kappa shape index (κ1) is 23.4. The fraction of sp³-hybridized carbons (Fsp3) is 0.192. The molecule has 34 heavy (non-hydrogen) atoms. The van der Waals surface area contributed by atoms with Crippen molar-refractivity contribution in [3.63, 3.8) is 0 Å². The molecule has 174 valence electrons. The van der Waals surface area contributed by atoms with Crippen LogP contribution in [0.1, 0.15) is 18.1 Å². The number of anilines is 1. The maximum Gasteiger partial charge on any atom is 0.237 e. The number of hydrogen-bond acceptors (Lipinski definition) is 6. The molecule has 8 heteroatoms. The summed E-state index contributed by atoms with van der Waals surface area (Å²) in [5.74, 6) is 1.02. The van der Waals surface area contributed by atoms with Gasteiger partial charge in [0.05, 0.1) is 23.6 Å². The molecule has 0 aliphatic heterocycles. The molecule has 3 aromatic carbocycles. The smallest absolute Gasteiger partial charge is 0.237 e. The lowest BCUT2D eigenvalue weighted by Gasteiger charge is -2.17. The van der Waals surface area contributed by atoms with E-state index in [1.165, 1.54) is 11.8 Å². The molecular formula is C26H26N4O3S. The highest BCUT2D eigenvalue weighted by atomic mass is 32.2. The van der Waals surface area contributed by atoms with E-state index in [2.05, 4.69) is 15.5 Å². The van der Waals surface area contributed by atoms with Gasteiger partial charge < -0.3 is 15.2 Å². The first-order chi connectivity index (χ1) is 16.4. The van der Waals surface area contributed by atoms with Crippen LogP contribution in [0.4, 0.5) is 5.69 Å². The van der Waals surface area contributed by atoms with E-state index >= 15 is 0 Å². The number of nitrogens with one attached hydrogen (secondary N) is 1. The van der Waals surface area contributed by atoms with E-state index in [0.29, 0.717) is 28.0 Å². The molecule has 7 nitrogen and oxygen atoms in total. The minimum Gasteiger partial charge on any atom is -0.507 e. The van der Waals surface area contributed by atoms with Gasteiger partial charge in [-0.3, -0.25) is 9.36 Å². The molecule has 1 heterocycles. The van der Waals surface area contributed by atoms with Gasteiger partial charge in [0.1, 0.15) is 11.5 Å². The second-order valence-electron chi connectivity index (χ2n) is 7.85. The van der Waals surface area contributed by atoms with Crippen LogP contribution in [0.2, 0.25) is 0 Å². The van der Waals surface area contributed by atoms with Gasteiger partial charge in [-0.25, -0.2) is 0 Å². The molecule has 0 unspecified atom stereocenters. The number of nitrogens with zero attached hydrogens (tertiary/aromatic N) is 3. The van der Waals surface area contributed by atoms with E-state index in [4.69, 9.17) is 4.74 Å². The predicted molar refractivity (Wildman–Crippen MR) is 135 cm³/mol. The molecular weight excluding hydrogens is 448 g/mol. The van der Waals surface area contributed by atoms with Crippen LogP contribution in [0.5, 0.6) is 11.5 Å².